The molecule has 2 aliphatic rings. The fourth-order valence-corrected chi connectivity index (χ4v) is 3.62. The zero-order valence-corrected chi connectivity index (χ0v) is 15.5. The number of rotatable bonds is 4. The lowest BCUT2D eigenvalue weighted by atomic mass is 10.1. The lowest BCUT2D eigenvalue weighted by Crippen LogP contribution is -2.42. The van der Waals surface area contributed by atoms with Gasteiger partial charge in [-0.05, 0) is 49.7 Å². The van der Waals surface area contributed by atoms with Gasteiger partial charge in [0.1, 0.15) is 0 Å². The van der Waals surface area contributed by atoms with E-state index in [9.17, 15) is 9.59 Å². The van der Waals surface area contributed by atoms with Crippen LogP contribution in [0.5, 0.6) is 0 Å². The second kappa shape index (κ2) is 9.46. The molecule has 6 nitrogen and oxygen atoms in total. The lowest BCUT2D eigenvalue weighted by molar-refractivity contribution is 0.185. The van der Waals surface area contributed by atoms with Gasteiger partial charge in [0.15, 0.2) is 0 Å². The van der Waals surface area contributed by atoms with Crippen molar-refractivity contribution >= 4 is 12.1 Å². The van der Waals surface area contributed by atoms with E-state index in [2.05, 4.69) is 10.6 Å². The average Bonchev–Trinajstić information content (AvgIpc) is 2.72. The van der Waals surface area contributed by atoms with Gasteiger partial charge >= 0.3 is 12.1 Å². The molecule has 0 aromatic heterocycles. The first kappa shape index (κ1) is 18.5. The Kier molecular flexibility index (Phi) is 6.75. The van der Waals surface area contributed by atoms with E-state index in [1.54, 1.807) is 0 Å². The molecule has 1 aromatic carbocycles. The van der Waals surface area contributed by atoms with Gasteiger partial charge in [0.05, 0.1) is 0 Å². The highest BCUT2D eigenvalue weighted by Crippen LogP contribution is 2.11. The highest BCUT2D eigenvalue weighted by atomic mass is 16.2. The third-order valence-electron chi connectivity index (χ3n) is 5.17. The maximum atomic E-state index is 12.2. The Morgan fingerprint density at radius 1 is 0.731 bits per heavy atom. The highest BCUT2D eigenvalue weighted by Gasteiger charge is 2.17. The van der Waals surface area contributed by atoms with Crippen molar-refractivity contribution in [1.29, 1.82) is 0 Å². The molecule has 3 rings (SSSR count). The summed E-state index contributed by atoms with van der Waals surface area (Å²) >= 11 is 0. The second-order valence-electron chi connectivity index (χ2n) is 7.23. The molecule has 0 radical (unpaired) electrons. The van der Waals surface area contributed by atoms with Crippen LogP contribution in [0, 0.1) is 0 Å². The maximum absolute atomic E-state index is 12.2. The van der Waals surface area contributed by atoms with Crippen LogP contribution in [-0.2, 0) is 13.1 Å². The van der Waals surface area contributed by atoms with Crippen LogP contribution in [0.4, 0.5) is 9.59 Å². The molecule has 0 unspecified atom stereocenters. The van der Waals surface area contributed by atoms with E-state index in [4.69, 9.17) is 0 Å². The molecule has 142 valence electrons. The maximum Gasteiger partial charge on any atom is 0.317 e. The number of likely N-dealkylation sites (tertiary alicyclic amines) is 2. The fourth-order valence-electron chi connectivity index (χ4n) is 3.62. The van der Waals surface area contributed by atoms with Gasteiger partial charge in [-0.3, -0.25) is 0 Å². The smallest absolute Gasteiger partial charge is 0.317 e. The minimum atomic E-state index is 0.0218. The highest BCUT2D eigenvalue weighted by molar-refractivity contribution is 5.74. The molecule has 0 bridgehead atoms. The predicted molar refractivity (Wildman–Crippen MR) is 102 cm³/mol. The summed E-state index contributed by atoms with van der Waals surface area (Å²) in [6, 6.07) is 8.08. The first-order chi connectivity index (χ1) is 12.7. The van der Waals surface area contributed by atoms with Crippen molar-refractivity contribution < 1.29 is 9.59 Å². The van der Waals surface area contributed by atoms with E-state index in [0.717, 1.165) is 63.0 Å². The van der Waals surface area contributed by atoms with Gasteiger partial charge in [0.25, 0.3) is 0 Å². The molecule has 2 saturated heterocycles. The molecule has 6 heteroatoms. The van der Waals surface area contributed by atoms with Crippen LogP contribution in [-0.4, -0.2) is 48.0 Å². The number of carbonyl (C=O) groups excluding carboxylic acids is 2. The summed E-state index contributed by atoms with van der Waals surface area (Å²) in [6.07, 6.45) is 6.82. The van der Waals surface area contributed by atoms with Crippen LogP contribution in [0.15, 0.2) is 24.3 Å². The zero-order chi connectivity index (χ0) is 18.2. The van der Waals surface area contributed by atoms with Crippen LogP contribution < -0.4 is 10.6 Å². The molecular formula is C20H30N4O2. The van der Waals surface area contributed by atoms with Gasteiger partial charge in [0, 0.05) is 39.3 Å². The molecule has 0 aliphatic carbocycles. The third-order valence-corrected chi connectivity index (χ3v) is 5.17. The van der Waals surface area contributed by atoms with Crippen molar-refractivity contribution in [3.8, 4) is 0 Å². The predicted octanol–water partition coefficient (Wildman–Crippen LogP) is 3.08. The molecule has 0 spiro atoms. The van der Waals surface area contributed by atoms with Gasteiger partial charge in [-0.15, -0.1) is 0 Å². The molecule has 2 N–H and O–H groups in total. The normalized spacial score (nSPS) is 17.7. The number of nitrogens with one attached hydrogen (secondary N) is 2. The first-order valence-electron chi connectivity index (χ1n) is 9.86. The van der Waals surface area contributed by atoms with Crippen molar-refractivity contribution in [3.63, 3.8) is 0 Å². The molecule has 26 heavy (non-hydrogen) atoms. The van der Waals surface area contributed by atoms with Crippen molar-refractivity contribution in [3.05, 3.63) is 35.4 Å². The number of benzene rings is 1. The monoisotopic (exact) mass is 358 g/mol. The van der Waals surface area contributed by atoms with Gasteiger partial charge in [-0.2, -0.15) is 0 Å². The Hall–Kier alpha value is -2.24. The van der Waals surface area contributed by atoms with Gasteiger partial charge in [-0.25, -0.2) is 9.59 Å². The SMILES string of the molecule is O=C(NCc1cccc(CNC(=O)N2CCCCC2)c1)N1CCCCC1. The van der Waals surface area contributed by atoms with Crippen LogP contribution >= 0.6 is 0 Å². The van der Waals surface area contributed by atoms with Crippen molar-refractivity contribution in [2.24, 2.45) is 0 Å². The number of carbonyl (C=O) groups is 2. The van der Waals surface area contributed by atoms with Crippen molar-refractivity contribution in [2.45, 2.75) is 51.6 Å². The summed E-state index contributed by atoms with van der Waals surface area (Å²) in [4.78, 5) is 28.2. The molecule has 4 amide bonds. The minimum Gasteiger partial charge on any atom is -0.334 e. The molecule has 2 fully saturated rings. The number of hydrogen-bond acceptors (Lipinski definition) is 2. The number of piperidine rings is 2. The number of nitrogens with zero attached hydrogens (tertiary/aromatic N) is 2. The largest absolute Gasteiger partial charge is 0.334 e. The Morgan fingerprint density at radius 3 is 1.58 bits per heavy atom. The summed E-state index contributed by atoms with van der Waals surface area (Å²) in [7, 11) is 0. The summed E-state index contributed by atoms with van der Waals surface area (Å²) in [5.41, 5.74) is 2.11. The summed E-state index contributed by atoms with van der Waals surface area (Å²) < 4.78 is 0. The zero-order valence-electron chi connectivity index (χ0n) is 15.5. The van der Waals surface area contributed by atoms with Gasteiger partial charge < -0.3 is 20.4 Å². The topological polar surface area (TPSA) is 64.7 Å². The van der Waals surface area contributed by atoms with E-state index in [0.29, 0.717) is 13.1 Å². The summed E-state index contributed by atoms with van der Waals surface area (Å²) in [6.45, 7) is 4.46. The summed E-state index contributed by atoms with van der Waals surface area (Å²) in [5.74, 6) is 0. The van der Waals surface area contributed by atoms with Crippen LogP contribution in [0.2, 0.25) is 0 Å². The number of urea groups is 2. The van der Waals surface area contributed by atoms with E-state index in [-0.39, 0.29) is 12.1 Å². The number of hydrogen-bond donors (Lipinski definition) is 2. The van der Waals surface area contributed by atoms with E-state index < -0.39 is 0 Å². The molecule has 2 aliphatic heterocycles. The van der Waals surface area contributed by atoms with Gasteiger partial charge in [0.2, 0.25) is 0 Å². The van der Waals surface area contributed by atoms with Crippen LogP contribution in [0.1, 0.15) is 49.7 Å². The van der Waals surface area contributed by atoms with Crippen molar-refractivity contribution in [1.82, 2.24) is 20.4 Å². The Bertz CT molecular complexity index is 558. The van der Waals surface area contributed by atoms with E-state index in [1.807, 2.05) is 34.1 Å². The average molecular weight is 358 g/mol. The van der Waals surface area contributed by atoms with E-state index in [1.165, 1.54) is 12.8 Å². The lowest BCUT2D eigenvalue weighted by Gasteiger charge is -2.27. The van der Waals surface area contributed by atoms with Gasteiger partial charge in [-0.1, -0.05) is 24.3 Å². The standard InChI is InChI=1S/C20H30N4O2/c25-19(23-10-3-1-4-11-23)21-15-17-8-7-9-18(14-17)16-22-20(26)24-12-5-2-6-13-24/h7-9,14H,1-6,10-13,15-16H2,(H,21,25)(H,22,26). The molecule has 0 saturated carbocycles. The first-order valence-corrected chi connectivity index (χ1v) is 9.86. The second-order valence-corrected chi connectivity index (χ2v) is 7.23. The molecule has 2 heterocycles. The minimum absolute atomic E-state index is 0.0218. The Balaban J connectivity index is 1.45. The Labute approximate surface area is 155 Å². The van der Waals surface area contributed by atoms with Crippen LogP contribution in [0.25, 0.3) is 0 Å². The number of amides is 4. The summed E-state index contributed by atoms with van der Waals surface area (Å²) in [5, 5.41) is 6.01. The quantitative estimate of drug-likeness (QED) is 0.869. The van der Waals surface area contributed by atoms with Crippen LogP contribution in [0.3, 0.4) is 0 Å². The molecule has 0 atom stereocenters. The van der Waals surface area contributed by atoms with E-state index >= 15 is 0 Å². The van der Waals surface area contributed by atoms with Crippen molar-refractivity contribution in [2.75, 3.05) is 26.2 Å². The third kappa shape index (κ3) is 5.38. The Morgan fingerprint density at radius 2 is 1.15 bits per heavy atom. The fraction of sp³-hybridized carbons (Fsp3) is 0.600. The molecular weight excluding hydrogens is 328 g/mol. The molecule has 1 aromatic rings.